The normalized spacial score (nSPS) is 21.6. The first kappa shape index (κ1) is 23.9. The summed E-state index contributed by atoms with van der Waals surface area (Å²) in [6, 6.07) is 4.64. The van der Waals surface area contributed by atoms with Crippen LogP contribution in [0.25, 0.3) is 0 Å². The number of aliphatic hydroxyl groups is 1. The summed E-state index contributed by atoms with van der Waals surface area (Å²) >= 11 is 1.80. The Morgan fingerprint density at radius 3 is 2.68 bits per heavy atom. The molecule has 2 fully saturated rings. The van der Waals surface area contributed by atoms with Crippen molar-refractivity contribution in [2.45, 2.75) is 50.7 Å². The van der Waals surface area contributed by atoms with E-state index >= 15 is 0 Å². The Kier molecular flexibility index (Phi) is 10.5. The predicted molar refractivity (Wildman–Crippen MR) is 127 cm³/mol. The SMILES string of the molecule is CCNC(=NCC1(O)CCCCC1)NCC(c1cccs1)N1CCOCC1.I. The lowest BCUT2D eigenvalue weighted by Crippen LogP contribution is -2.46. The van der Waals surface area contributed by atoms with Gasteiger partial charge in [0.25, 0.3) is 0 Å². The van der Waals surface area contributed by atoms with Gasteiger partial charge in [0.05, 0.1) is 31.4 Å². The van der Waals surface area contributed by atoms with E-state index in [0.717, 1.165) is 71.0 Å². The molecule has 0 spiro atoms. The molecule has 3 N–H and O–H groups in total. The second-order valence-electron chi connectivity index (χ2n) is 7.54. The Labute approximate surface area is 190 Å². The van der Waals surface area contributed by atoms with Crippen LogP contribution in [0.5, 0.6) is 0 Å². The zero-order valence-electron chi connectivity index (χ0n) is 16.9. The first-order valence-corrected chi connectivity index (χ1v) is 11.2. The fourth-order valence-electron chi connectivity index (χ4n) is 3.91. The predicted octanol–water partition coefficient (Wildman–Crippen LogP) is 2.99. The van der Waals surface area contributed by atoms with Gasteiger partial charge >= 0.3 is 0 Å². The largest absolute Gasteiger partial charge is 0.388 e. The zero-order valence-corrected chi connectivity index (χ0v) is 20.0. The Morgan fingerprint density at radius 2 is 2.04 bits per heavy atom. The van der Waals surface area contributed by atoms with Crippen LogP contribution in [0.4, 0.5) is 0 Å². The molecule has 2 heterocycles. The van der Waals surface area contributed by atoms with Crippen molar-refractivity contribution in [1.29, 1.82) is 0 Å². The van der Waals surface area contributed by atoms with Gasteiger partial charge < -0.3 is 20.5 Å². The third-order valence-electron chi connectivity index (χ3n) is 5.48. The Morgan fingerprint density at radius 1 is 1.29 bits per heavy atom. The van der Waals surface area contributed by atoms with Crippen molar-refractivity contribution in [3.05, 3.63) is 22.4 Å². The van der Waals surface area contributed by atoms with E-state index in [2.05, 4.69) is 40.0 Å². The molecule has 1 saturated carbocycles. The maximum Gasteiger partial charge on any atom is 0.191 e. The number of rotatable bonds is 7. The molecule has 2 aliphatic rings. The Balaban J connectivity index is 0.00000280. The lowest BCUT2D eigenvalue weighted by molar-refractivity contribution is 0.0129. The molecular formula is C20H35IN4O2S. The van der Waals surface area contributed by atoms with Crippen LogP contribution in [-0.4, -0.2) is 67.5 Å². The minimum Gasteiger partial charge on any atom is -0.388 e. The zero-order chi connectivity index (χ0) is 19.0. The van der Waals surface area contributed by atoms with Gasteiger partial charge in [0.1, 0.15) is 0 Å². The molecule has 1 saturated heterocycles. The molecule has 0 radical (unpaired) electrons. The molecule has 1 aliphatic carbocycles. The molecular weight excluding hydrogens is 487 g/mol. The van der Waals surface area contributed by atoms with Crippen LogP contribution in [0.3, 0.4) is 0 Å². The van der Waals surface area contributed by atoms with Gasteiger partial charge in [-0.15, -0.1) is 35.3 Å². The monoisotopic (exact) mass is 522 g/mol. The van der Waals surface area contributed by atoms with E-state index in [4.69, 9.17) is 9.73 Å². The summed E-state index contributed by atoms with van der Waals surface area (Å²) in [5, 5.41) is 19.7. The van der Waals surface area contributed by atoms with E-state index in [1.54, 1.807) is 11.3 Å². The van der Waals surface area contributed by atoms with E-state index in [1.807, 2.05) is 0 Å². The third-order valence-corrected chi connectivity index (χ3v) is 6.45. The number of guanidine groups is 1. The molecule has 8 heteroatoms. The Bertz CT molecular complexity index is 573. The first-order valence-electron chi connectivity index (χ1n) is 10.3. The van der Waals surface area contributed by atoms with Crippen LogP contribution in [-0.2, 0) is 4.74 Å². The molecule has 160 valence electrons. The van der Waals surface area contributed by atoms with Gasteiger partial charge in [-0.05, 0) is 31.2 Å². The van der Waals surface area contributed by atoms with Gasteiger partial charge in [-0.2, -0.15) is 0 Å². The summed E-state index contributed by atoms with van der Waals surface area (Å²) in [5.41, 5.74) is -0.627. The van der Waals surface area contributed by atoms with Gasteiger partial charge in [-0.1, -0.05) is 25.3 Å². The standard InChI is InChI=1S/C20H34N4O2S.HI/c1-2-21-19(23-16-20(25)8-4-3-5-9-20)22-15-17(18-7-6-14-27-18)24-10-12-26-13-11-24;/h6-7,14,17,25H,2-5,8-13,15-16H2,1H3,(H2,21,22,23);1H. The van der Waals surface area contributed by atoms with Crippen molar-refractivity contribution in [3.8, 4) is 0 Å². The molecule has 1 unspecified atom stereocenters. The van der Waals surface area contributed by atoms with Crippen LogP contribution in [0, 0.1) is 0 Å². The van der Waals surface area contributed by atoms with Gasteiger partial charge in [0, 0.05) is 31.1 Å². The minimum atomic E-state index is -0.627. The highest BCUT2D eigenvalue weighted by molar-refractivity contribution is 14.0. The molecule has 0 amide bonds. The van der Waals surface area contributed by atoms with Crippen LogP contribution in [0.1, 0.15) is 49.9 Å². The molecule has 1 aromatic heterocycles. The maximum absolute atomic E-state index is 10.7. The fraction of sp³-hybridized carbons (Fsp3) is 0.750. The van der Waals surface area contributed by atoms with E-state index < -0.39 is 5.60 Å². The highest BCUT2D eigenvalue weighted by Crippen LogP contribution is 2.28. The first-order chi connectivity index (χ1) is 13.2. The maximum atomic E-state index is 10.7. The minimum absolute atomic E-state index is 0. The highest BCUT2D eigenvalue weighted by atomic mass is 127. The number of hydrogen-bond acceptors (Lipinski definition) is 5. The van der Waals surface area contributed by atoms with Crippen molar-refractivity contribution in [2.75, 3.05) is 45.9 Å². The lowest BCUT2D eigenvalue weighted by atomic mass is 9.85. The molecule has 6 nitrogen and oxygen atoms in total. The number of nitrogens with zero attached hydrogens (tertiary/aromatic N) is 2. The highest BCUT2D eigenvalue weighted by Gasteiger charge is 2.29. The van der Waals surface area contributed by atoms with Crippen molar-refractivity contribution >= 4 is 41.3 Å². The van der Waals surface area contributed by atoms with E-state index in [9.17, 15) is 5.11 Å². The van der Waals surface area contributed by atoms with Crippen LogP contribution >= 0.6 is 35.3 Å². The Hall–Kier alpha value is -0.420. The topological polar surface area (TPSA) is 69.1 Å². The quantitative estimate of drug-likeness (QED) is 0.292. The number of aliphatic imine (C=N–C) groups is 1. The molecule has 28 heavy (non-hydrogen) atoms. The van der Waals surface area contributed by atoms with E-state index in [-0.39, 0.29) is 24.0 Å². The van der Waals surface area contributed by atoms with Crippen molar-refractivity contribution in [2.24, 2.45) is 4.99 Å². The number of morpholine rings is 1. The van der Waals surface area contributed by atoms with Crippen molar-refractivity contribution in [1.82, 2.24) is 15.5 Å². The van der Waals surface area contributed by atoms with Gasteiger partial charge in [-0.3, -0.25) is 9.89 Å². The summed E-state index contributed by atoms with van der Waals surface area (Å²) in [7, 11) is 0. The van der Waals surface area contributed by atoms with Gasteiger partial charge in [-0.25, -0.2) is 0 Å². The molecule has 1 aromatic rings. The summed E-state index contributed by atoms with van der Waals surface area (Å²) in [6.07, 6.45) is 5.16. The second-order valence-corrected chi connectivity index (χ2v) is 8.52. The molecule has 1 atom stereocenters. The van der Waals surface area contributed by atoms with E-state index in [0.29, 0.717) is 12.6 Å². The third kappa shape index (κ3) is 7.12. The van der Waals surface area contributed by atoms with E-state index in [1.165, 1.54) is 11.3 Å². The van der Waals surface area contributed by atoms with Crippen molar-refractivity contribution in [3.63, 3.8) is 0 Å². The van der Waals surface area contributed by atoms with Gasteiger partial charge in [0.15, 0.2) is 5.96 Å². The summed E-state index contributed by atoms with van der Waals surface area (Å²) in [6.45, 7) is 7.66. The molecule has 0 bridgehead atoms. The second kappa shape index (κ2) is 12.3. The number of halogens is 1. The number of ether oxygens (including phenoxy) is 1. The van der Waals surface area contributed by atoms with Crippen LogP contribution < -0.4 is 10.6 Å². The number of thiophene rings is 1. The van der Waals surface area contributed by atoms with Crippen molar-refractivity contribution < 1.29 is 9.84 Å². The molecule has 3 rings (SSSR count). The fourth-order valence-corrected chi connectivity index (χ4v) is 4.77. The molecule has 0 aromatic carbocycles. The smallest absolute Gasteiger partial charge is 0.191 e. The summed E-state index contributed by atoms with van der Waals surface area (Å²) in [5.74, 6) is 0.798. The average molecular weight is 522 g/mol. The number of hydrogen-bond donors (Lipinski definition) is 3. The lowest BCUT2D eigenvalue weighted by Gasteiger charge is -2.34. The van der Waals surface area contributed by atoms with Crippen LogP contribution in [0.2, 0.25) is 0 Å². The van der Waals surface area contributed by atoms with Gasteiger partial charge in [0.2, 0.25) is 0 Å². The van der Waals surface area contributed by atoms with Crippen LogP contribution in [0.15, 0.2) is 22.5 Å². The number of nitrogens with one attached hydrogen (secondary N) is 2. The average Bonchev–Trinajstić information content (AvgIpc) is 3.22. The summed E-state index contributed by atoms with van der Waals surface area (Å²) < 4.78 is 5.53. The summed E-state index contributed by atoms with van der Waals surface area (Å²) in [4.78, 5) is 8.57. The molecule has 1 aliphatic heterocycles.